The van der Waals surface area contributed by atoms with E-state index in [0.717, 1.165) is 38.9 Å². The molecule has 10 nitrogen and oxygen atoms in total. The monoisotopic (exact) mass is 680 g/mol. The number of benzene rings is 4. The van der Waals surface area contributed by atoms with Crippen LogP contribution in [-0.4, -0.2) is 61.5 Å². The molecule has 0 radical (unpaired) electrons. The maximum Gasteiger partial charge on any atom is 0.528 e. The Hall–Kier alpha value is -4.90. The van der Waals surface area contributed by atoms with E-state index in [-0.39, 0.29) is 18.6 Å². The standard InChI is InChI=1S/C40H44N2O8/c1-40(2,3)48-39(43)50-42-21-20-34(29-16-18-32(19-17-29)46-27-33-24-36(41-49-33)30-11-6-5-7-12-30)37(25-42)47-26-31-15-14-28-10-8-9-13-35(28)38(31)45-23-22-44-4/h5-19,24,34,37H,20-23,25-27H2,1-4H3. The molecule has 4 aromatic carbocycles. The van der Waals surface area contributed by atoms with Crippen molar-refractivity contribution in [2.75, 3.05) is 33.4 Å². The summed E-state index contributed by atoms with van der Waals surface area (Å²) in [6.45, 7) is 7.76. The number of carbonyl (C=O) groups is 1. The minimum atomic E-state index is -0.734. The zero-order valence-corrected chi connectivity index (χ0v) is 29.0. The van der Waals surface area contributed by atoms with E-state index in [1.54, 1.807) is 12.2 Å². The molecule has 5 aromatic rings. The molecule has 1 aromatic heterocycles. The van der Waals surface area contributed by atoms with Gasteiger partial charge in [-0.15, -0.1) is 5.06 Å². The van der Waals surface area contributed by atoms with E-state index in [1.165, 1.54) is 0 Å². The van der Waals surface area contributed by atoms with Crippen LogP contribution in [0.4, 0.5) is 4.79 Å². The van der Waals surface area contributed by atoms with Gasteiger partial charge in [-0.1, -0.05) is 84.0 Å². The van der Waals surface area contributed by atoms with Gasteiger partial charge < -0.3 is 33.0 Å². The van der Waals surface area contributed by atoms with Crippen LogP contribution >= 0.6 is 0 Å². The first-order valence-corrected chi connectivity index (χ1v) is 16.9. The van der Waals surface area contributed by atoms with Gasteiger partial charge in [0.15, 0.2) is 5.76 Å². The minimum Gasteiger partial charge on any atom is -0.490 e. The predicted molar refractivity (Wildman–Crippen MR) is 189 cm³/mol. The third kappa shape index (κ3) is 9.20. The SMILES string of the molecule is COCCOc1c(COC2CN(OC(=O)OC(C)(C)C)CCC2c2ccc(OCc3cc(-c4ccccc4)no3)cc2)ccc2ccccc12. The Morgan fingerprint density at radius 3 is 2.46 bits per heavy atom. The number of piperidine rings is 1. The fourth-order valence-electron chi connectivity index (χ4n) is 5.98. The summed E-state index contributed by atoms with van der Waals surface area (Å²) in [5.41, 5.74) is 3.12. The summed E-state index contributed by atoms with van der Waals surface area (Å²) in [6.07, 6.45) is -0.341. The van der Waals surface area contributed by atoms with Crippen LogP contribution in [-0.2, 0) is 32.3 Å². The molecule has 6 rings (SSSR count). The molecular formula is C40H44N2O8. The predicted octanol–water partition coefficient (Wildman–Crippen LogP) is 8.34. The van der Waals surface area contributed by atoms with E-state index >= 15 is 0 Å². The lowest BCUT2D eigenvalue weighted by atomic mass is 9.87. The molecule has 10 heteroatoms. The van der Waals surface area contributed by atoms with Crippen LogP contribution < -0.4 is 9.47 Å². The molecule has 0 spiro atoms. The first-order chi connectivity index (χ1) is 24.3. The largest absolute Gasteiger partial charge is 0.528 e. The highest BCUT2D eigenvalue weighted by molar-refractivity contribution is 5.89. The fourth-order valence-corrected chi connectivity index (χ4v) is 5.98. The van der Waals surface area contributed by atoms with Crippen molar-refractivity contribution in [2.45, 2.75) is 58.0 Å². The van der Waals surface area contributed by atoms with Crippen molar-refractivity contribution in [3.8, 4) is 22.8 Å². The molecule has 2 atom stereocenters. The Morgan fingerprint density at radius 2 is 1.68 bits per heavy atom. The summed E-state index contributed by atoms with van der Waals surface area (Å²) in [5.74, 6) is 2.16. The van der Waals surface area contributed by atoms with Crippen molar-refractivity contribution in [1.29, 1.82) is 0 Å². The van der Waals surface area contributed by atoms with Gasteiger partial charge in [0, 0.05) is 42.2 Å². The van der Waals surface area contributed by atoms with E-state index < -0.39 is 11.8 Å². The molecule has 1 aliphatic rings. The highest BCUT2D eigenvalue weighted by Gasteiger charge is 2.34. The zero-order valence-electron chi connectivity index (χ0n) is 29.0. The average Bonchev–Trinajstić information content (AvgIpc) is 3.59. The van der Waals surface area contributed by atoms with E-state index in [0.29, 0.717) is 50.8 Å². The molecule has 0 amide bonds. The molecule has 1 fully saturated rings. The van der Waals surface area contributed by atoms with E-state index in [4.69, 9.17) is 33.0 Å². The molecule has 50 heavy (non-hydrogen) atoms. The van der Waals surface area contributed by atoms with Crippen molar-refractivity contribution in [1.82, 2.24) is 10.2 Å². The van der Waals surface area contributed by atoms with Gasteiger partial charge in [-0.2, -0.15) is 0 Å². The topological polar surface area (TPSA) is 102 Å². The molecule has 262 valence electrons. The molecule has 1 aliphatic heterocycles. The summed E-state index contributed by atoms with van der Waals surface area (Å²) >= 11 is 0. The summed E-state index contributed by atoms with van der Waals surface area (Å²) in [4.78, 5) is 18.2. The van der Waals surface area contributed by atoms with Crippen molar-refractivity contribution in [3.63, 3.8) is 0 Å². The summed E-state index contributed by atoms with van der Waals surface area (Å²) in [5, 5.41) is 7.90. The number of hydrogen-bond donors (Lipinski definition) is 0. The highest BCUT2D eigenvalue weighted by Crippen LogP contribution is 2.35. The normalized spacial score (nSPS) is 16.6. The van der Waals surface area contributed by atoms with Crippen LogP contribution in [0.2, 0.25) is 0 Å². The Labute approximate surface area is 292 Å². The molecular weight excluding hydrogens is 636 g/mol. The van der Waals surface area contributed by atoms with Gasteiger partial charge in [0.05, 0.1) is 25.9 Å². The van der Waals surface area contributed by atoms with Crippen molar-refractivity contribution in [3.05, 3.63) is 114 Å². The molecule has 2 unspecified atom stereocenters. The number of nitrogens with zero attached hydrogens (tertiary/aromatic N) is 2. The Bertz CT molecular complexity index is 1830. The second-order valence-electron chi connectivity index (χ2n) is 13.2. The van der Waals surface area contributed by atoms with Crippen LogP contribution in [0.5, 0.6) is 11.5 Å². The Balaban J connectivity index is 1.16. The van der Waals surface area contributed by atoms with Crippen molar-refractivity contribution >= 4 is 16.9 Å². The third-order valence-electron chi connectivity index (χ3n) is 8.38. The highest BCUT2D eigenvalue weighted by atomic mass is 16.8. The van der Waals surface area contributed by atoms with E-state index in [1.807, 2.05) is 87.5 Å². The first kappa shape index (κ1) is 34.9. The summed E-state index contributed by atoms with van der Waals surface area (Å²) < 4.78 is 35.1. The number of hydroxylamine groups is 2. The van der Waals surface area contributed by atoms with Gasteiger partial charge in [-0.05, 0) is 50.3 Å². The van der Waals surface area contributed by atoms with E-state index in [9.17, 15) is 4.79 Å². The molecule has 2 heterocycles. The number of methoxy groups -OCH3 is 1. The molecule has 1 saturated heterocycles. The lowest BCUT2D eigenvalue weighted by Crippen LogP contribution is -2.45. The third-order valence-corrected chi connectivity index (χ3v) is 8.38. The second kappa shape index (κ2) is 16.2. The Morgan fingerprint density at radius 1 is 0.900 bits per heavy atom. The number of rotatable bonds is 13. The summed E-state index contributed by atoms with van der Waals surface area (Å²) in [7, 11) is 1.65. The number of carbonyl (C=O) groups excluding carboxylic acids is 1. The molecule has 0 bridgehead atoms. The van der Waals surface area contributed by atoms with E-state index in [2.05, 4.69) is 35.5 Å². The molecule has 0 N–H and O–H groups in total. The zero-order chi connectivity index (χ0) is 34.9. The summed E-state index contributed by atoms with van der Waals surface area (Å²) in [6, 6.07) is 32.0. The van der Waals surface area contributed by atoms with Crippen LogP contribution in [0.3, 0.4) is 0 Å². The van der Waals surface area contributed by atoms with Crippen LogP contribution in [0, 0.1) is 0 Å². The number of hydrogen-bond acceptors (Lipinski definition) is 10. The van der Waals surface area contributed by atoms with Crippen molar-refractivity contribution in [2.24, 2.45) is 0 Å². The van der Waals surface area contributed by atoms with Crippen LogP contribution in [0.15, 0.2) is 102 Å². The lowest BCUT2D eigenvalue weighted by Gasteiger charge is -2.37. The van der Waals surface area contributed by atoms with Crippen molar-refractivity contribution < 1.29 is 37.8 Å². The maximum atomic E-state index is 12.6. The van der Waals surface area contributed by atoms with Gasteiger partial charge in [0.2, 0.25) is 0 Å². The minimum absolute atomic E-state index is 0.0311. The quantitative estimate of drug-likeness (QED) is 0.0891. The molecule has 0 saturated carbocycles. The van der Waals surface area contributed by atoms with Gasteiger partial charge in [0.25, 0.3) is 0 Å². The number of ether oxygens (including phenoxy) is 5. The van der Waals surface area contributed by atoms with Gasteiger partial charge >= 0.3 is 6.16 Å². The fraction of sp³-hybridized carbons (Fsp3) is 0.350. The second-order valence-corrected chi connectivity index (χ2v) is 13.2. The average molecular weight is 681 g/mol. The van der Waals surface area contributed by atoms with Crippen LogP contribution in [0.1, 0.15) is 50.0 Å². The smallest absolute Gasteiger partial charge is 0.490 e. The first-order valence-electron chi connectivity index (χ1n) is 16.9. The van der Waals surface area contributed by atoms with Gasteiger partial charge in [0.1, 0.15) is 36.0 Å². The van der Waals surface area contributed by atoms with Crippen LogP contribution in [0.25, 0.3) is 22.0 Å². The Kier molecular flexibility index (Phi) is 11.3. The lowest BCUT2D eigenvalue weighted by molar-refractivity contribution is -0.179. The van der Waals surface area contributed by atoms with Gasteiger partial charge in [-0.3, -0.25) is 0 Å². The number of fused-ring (bicyclic) bond motifs is 1. The number of aromatic nitrogens is 1. The van der Waals surface area contributed by atoms with Gasteiger partial charge in [-0.25, -0.2) is 4.79 Å². The molecule has 0 aliphatic carbocycles. The maximum absolute atomic E-state index is 12.6.